The van der Waals surface area contributed by atoms with Gasteiger partial charge in [-0.1, -0.05) is 17.7 Å². The summed E-state index contributed by atoms with van der Waals surface area (Å²) in [5.41, 5.74) is 0.129. The van der Waals surface area contributed by atoms with Gasteiger partial charge in [-0.25, -0.2) is 8.78 Å². The Balaban J connectivity index is 1.89. The number of halogens is 3. The van der Waals surface area contributed by atoms with Crippen LogP contribution in [0.4, 0.5) is 31.9 Å². The van der Waals surface area contributed by atoms with Gasteiger partial charge in [-0.3, -0.25) is 0 Å². The molecule has 0 spiro atoms. The predicted molar refractivity (Wildman–Crippen MR) is 97.3 cm³/mol. The molecule has 0 atom stereocenters. The molecule has 7 nitrogen and oxygen atoms in total. The summed E-state index contributed by atoms with van der Waals surface area (Å²) in [6.45, 7) is 0. The quantitative estimate of drug-likeness (QED) is 0.645. The van der Waals surface area contributed by atoms with E-state index in [0.717, 1.165) is 12.1 Å². The summed E-state index contributed by atoms with van der Waals surface area (Å²) in [6, 6.07) is 6.68. The van der Waals surface area contributed by atoms with Crippen LogP contribution in [0.2, 0.25) is 5.02 Å². The molecule has 0 amide bonds. The fourth-order valence-electron chi connectivity index (χ4n) is 2.24. The molecule has 3 aromatic rings. The van der Waals surface area contributed by atoms with Crippen LogP contribution in [0.1, 0.15) is 0 Å². The molecule has 1 aromatic heterocycles. The molecular weight excluding hydrogens is 380 g/mol. The maximum atomic E-state index is 13.8. The Morgan fingerprint density at radius 3 is 2.37 bits per heavy atom. The first-order valence-electron chi connectivity index (χ1n) is 7.61. The van der Waals surface area contributed by atoms with Crippen molar-refractivity contribution in [2.24, 2.45) is 0 Å². The van der Waals surface area contributed by atoms with Crippen LogP contribution in [0.5, 0.6) is 11.5 Å². The molecule has 0 fully saturated rings. The van der Waals surface area contributed by atoms with E-state index in [9.17, 15) is 8.78 Å². The van der Waals surface area contributed by atoms with E-state index in [-0.39, 0.29) is 17.5 Å². The summed E-state index contributed by atoms with van der Waals surface area (Å²) in [5, 5.41) is 13.4. The number of methoxy groups -OCH3 is 2. The highest BCUT2D eigenvalue weighted by molar-refractivity contribution is 6.32. The lowest BCUT2D eigenvalue weighted by Crippen LogP contribution is -2.05. The Morgan fingerprint density at radius 2 is 1.70 bits per heavy atom. The number of ether oxygens (including phenoxy) is 2. The summed E-state index contributed by atoms with van der Waals surface area (Å²) in [4.78, 5) is 4.14. The Bertz CT molecular complexity index is 954. The summed E-state index contributed by atoms with van der Waals surface area (Å²) in [6.07, 6.45) is 1.23. The predicted octanol–water partition coefficient (Wildman–Crippen LogP) is 4.31. The van der Waals surface area contributed by atoms with Crippen molar-refractivity contribution in [1.82, 2.24) is 15.2 Å². The fraction of sp³-hybridized carbons (Fsp3) is 0.118. The van der Waals surface area contributed by atoms with Crippen molar-refractivity contribution in [3.63, 3.8) is 0 Å². The Morgan fingerprint density at radius 1 is 1.00 bits per heavy atom. The molecule has 0 aliphatic carbocycles. The molecule has 0 unspecified atom stereocenters. The molecule has 3 rings (SSSR count). The molecule has 27 heavy (non-hydrogen) atoms. The van der Waals surface area contributed by atoms with Crippen LogP contribution in [0.15, 0.2) is 36.5 Å². The van der Waals surface area contributed by atoms with Gasteiger partial charge < -0.3 is 20.1 Å². The summed E-state index contributed by atoms with van der Waals surface area (Å²) in [7, 11) is 2.95. The van der Waals surface area contributed by atoms with Gasteiger partial charge in [0.15, 0.2) is 5.82 Å². The van der Waals surface area contributed by atoms with E-state index in [1.54, 1.807) is 12.1 Å². The van der Waals surface area contributed by atoms with Crippen LogP contribution >= 0.6 is 11.6 Å². The van der Waals surface area contributed by atoms with Gasteiger partial charge in [0.25, 0.3) is 0 Å². The van der Waals surface area contributed by atoms with Gasteiger partial charge in [-0.05, 0) is 12.1 Å². The van der Waals surface area contributed by atoms with Gasteiger partial charge >= 0.3 is 0 Å². The molecule has 0 saturated carbocycles. The number of aromatic nitrogens is 3. The number of rotatable bonds is 6. The zero-order valence-corrected chi connectivity index (χ0v) is 15.0. The van der Waals surface area contributed by atoms with E-state index in [1.165, 1.54) is 26.5 Å². The van der Waals surface area contributed by atoms with Gasteiger partial charge in [0.2, 0.25) is 5.95 Å². The number of hydrogen-bond acceptors (Lipinski definition) is 7. The zero-order chi connectivity index (χ0) is 19.4. The summed E-state index contributed by atoms with van der Waals surface area (Å²) >= 11 is 6.07. The maximum absolute atomic E-state index is 13.8. The molecule has 0 aliphatic heterocycles. The number of nitrogens with one attached hydrogen (secondary N) is 2. The standard InChI is InChI=1S/C17H14ClF2N5O2/c1-26-13-7-12(14(27-2)6-9(13)18)22-17-24-15(8-21-25-17)23-16-10(19)4-3-5-11(16)20/h3-8H,1-2H3,(H2,22,23,24,25). The van der Waals surface area contributed by atoms with E-state index in [1.807, 2.05) is 0 Å². The number of anilines is 4. The van der Waals surface area contributed by atoms with Gasteiger partial charge in [-0.15, -0.1) is 5.10 Å². The van der Waals surface area contributed by atoms with Crippen molar-refractivity contribution < 1.29 is 18.3 Å². The van der Waals surface area contributed by atoms with Gasteiger partial charge in [0, 0.05) is 12.1 Å². The average molecular weight is 394 g/mol. The van der Waals surface area contributed by atoms with Crippen molar-refractivity contribution in [3.8, 4) is 11.5 Å². The van der Waals surface area contributed by atoms with Crippen LogP contribution in [-0.4, -0.2) is 29.4 Å². The van der Waals surface area contributed by atoms with Crippen molar-refractivity contribution in [1.29, 1.82) is 0 Å². The van der Waals surface area contributed by atoms with Crippen molar-refractivity contribution in [3.05, 3.63) is 53.2 Å². The van der Waals surface area contributed by atoms with E-state index >= 15 is 0 Å². The summed E-state index contributed by atoms with van der Waals surface area (Å²) in [5.74, 6) is -0.520. The molecule has 0 saturated heterocycles. The summed E-state index contributed by atoms with van der Waals surface area (Å²) < 4.78 is 38.0. The van der Waals surface area contributed by atoms with Crippen LogP contribution < -0.4 is 20.1 Å². The minimum Gasteiger partial charge on any atom is -0.495 e. The average Bonchev–Trinajstić information content (AvgIpc) is 2.66. The maximum Gasteiger partial charge on any atom is 0.249 e. The molecule has 140 valence electrons. The first-order valence-corrected chi connectivity index (χ1v) is 7.99. The van der Waals surface area contributed by atoms with Crippen molar-refractivity contribution in [2.75, 3.05) is 24.9 Å². The molecule has 0 radical (unpaired) electrons. The molecule has 2 N–H and O–H groups in total. The third-order valence-corrected chi connectivity index (χ3v) is 3.79. The molecule has 0 bridgehead atoms. The van der Waals surface area contributed by atoms with Crippen LogP contribution in [-0.2, 0) is 0 Å². The van der Waals surface area contributed by atoms with Crippen molar-refractivity contribution >= 4 is 34.7 Å². The van der Waals surface area contributed by atoms with E-state index in [4.69, 9.17) is 21.1 Å². The van der Waals surface area contributed by atoms with Crippen LogP contribution in [0, 0.1) is 11.6 Å². The first-order chi connectivity index (χ1) is 13.0. The van der Waals surface area contributed by atoms with Crippen molar-refractivity contribution in [2.45, 2.75) is 0 Å². The molecule has 10 heteroatoms. The SMILES string of the molecule is COc1cc(Nc2nncc(Nc3c(F)cccc3F)n2)c(OC)cc1Cl. The lowest BCUT2D eigenvalue weighted by molar-refractivity contribution is 0.405. The lowest BCUT2D eigenvalue weighted by atomic mass is 10.2. The number of hydrogen-bond donors (Lipinski definition) is 2. The monoisotopic (exact) mass is 393 g/mol. The minimum absolute atomic E-state index is 0.0689. The largest absolute Gasteiger partial charge is 0.495 e. The van der Waals surface area contributed by atoms with Gasteiger partial charge in [0.05, 0.1) is 31.1 Å². The second-order valence-electron chi connectivity index (χ2n) is 5.20. The Labute approximate surface area is 158 Å². The van der Waals surface area contributed by atoms with E-state index < -0.39 is 11.6 Å². The fourth-order valence-corrected chi connectivity index (χ4v) is 2.47. The van der Waals surface area contributed by atoms with Gasteiger partial charge in [0.1, 0.15) is 28.8 Å². The van der Waals surface area contributed by atoms with Crippen LogP contribution in [0.25, 0.3) is 0 Å². The number of para-hydroxylation sites is 1. The Hall–Kier alpha value is -3.20. The highest BCUT2D eigenvalue weighted by Crippen LogP contribution is 2.36. The first kappa shape index (κ1) is 18.6. The van der Waals surface area contributed by atoms with E-state index in [2.05, 4.69) is 25.8 Å². The Kier molecular flexibility index (Phi) is 5.51. The second kappa shape index (κ2) is 8.00. The smallest absolute Gasteiger partial charge is 0.249 e. The molecule has 1 heterocycles. The minimum atomic E-state index is -0.757. The highest BCUT2D eigenvalue weighted by atomic mass is 35.5. The topological polar surface area (TPSA) is 81.2 Å². The molecular formula is C17H14ClF2N5O2. The third-order valence-electron chi connectivity index (χ3n) is 3.50. The zero-order valence-electron chi connectivity index (χ0n) is 14.3. The molecule has 0 aliphatic rings. The molecule has 2 aromatic carbocycles. The third kappa shape index (κ3) is 4.14. The van der Waals surface area contributed by atoms with E-state index in [0.29, 0.717) is 22.2 Å². The normalized spacial score (nSPS) is 10.4. The van der Waals surface area contributed by atoms with Crippen LogP contribution in [0.3, 0.4) is 0 Å². The number of benzene rings is 2. The number of nitrogens with zero attached hydrogens (tertiary/aromatic N) is 3. The highest BCUT2D eigenvalue weighted by Gasteiger charge is 2.13. The second-order valence-corrected chi connectivity index (χ2v) is 5.61. The van der Waals surface area contributed by atoms with Gasteiger partial charge in [-0.2, -0.15) is 10.1 Å². The lowest BCUT2D eigenvalue weighted by Gasteiger charge is -2.13.